The zero-order valence-corrected chi connectivity index (χ0v) is 19.2. The first kappa shape index (κ1) is 25.1. The van der Waals surface area contributed by atoms with E-state index in [0.717, 1.165) is 38.7 Å². The second kappa shape index (κ2) is 11.5. The van der Waals surface area contributed by atoms with Crippen LogP contribution < -0.4 is 4.74 Å². The highest BCUT2D eigenvalue weighted by molar-refractivity contribution is 5.34. The van der Waals surface area contributed by atoms with Crippen molar-refractivity contribution in [2.45, 2.75) is 89.6 Å². The lowest BCUT2D eigenvalue weighted by molar-refractivity contribution is -0.0730. The summed E-state index contributed by atoms with van der Waals surface area (Å²) in [7, 11) is 0. The predicted octanol–water partition coefficient (Wildman–Crippen LogP) is 7.81. The van der Waals surface area contributed by atoms with Gasteiger partial charge in [0.05, 0.1) is 25.2 Å². The highest BCUT2D eigenvalue weighted by Crippen LogP contribution is 2.49. The van der Waals surface area contributed by atoms with Crippen molar-refractivity contribution in [2.75, 3.05) is 13.2 Å². The van der Waals surface area contributed by atoms with E-state index >= 15 is 0 Å². The standard InChI is InChI=1S/C26H36F4O2/c1-3-7-20-12-10-19(17-32-20)9-6-5-8-18-11-14-22(26(29,30)16-18)21-13-15-23(31-4-2)25(28)24(21)27/h5-6,13,15,18-20,22H,3-4,7-12,14,16-17H2,1-2H3/b6-5-. The molecule has 1 saturated carbocycles. The van der Waals surface area contributed by atoms with Crippen molar-refractivity contribution in [3.05, 3.63) is 41.5 Å². The number of hydrogen-bond acceptors (Lipinski definition) is 2. The van der Waals surface area contributed by atoms with Gasteiger partial charge in [0.25, 0.3) is 5.92 Å². The molecule has 1 aliphatic heterocycles. The van der Waals surface area contributed by atoms with Crippen molar-refractivity contribution < 1.29 is 27.0 Å². The van der Waals surface area contributed by atoms with E-state index in [1.165, 1.54) is 12.1 Å². The zero-order chi connectivity index (χ0) is 23.1. The molecular weight excluding hydrogens is 420 g/mol. The fraction of sp³-hybridized carbons (Fsp3) is 0.692. The van der Waals surface area contributed by atoms with E-state index in [-0.39, 0.29) is 36.7 Å². The molecule has 0 aromatic heterocycles. The Kier molecular flexibility index (Phi) is 9.04. The maximum atomic E-state index is 14.9. The van der Waals surface area contributed by atoms with E-state index in [1.807, 2.05) is 6.08 Å². The van der Waals surface area contributed by atoms with E-state index in [0.29, 0.717) is 24.9 Å². The van der Waals surface area contributed by atoms with Crippen LogP contribution in [-0.2, 0) is 4.74 Å². The second-order valence-corrected chi connectivity index (χ2v) is 9.31. The number of allylic oxidation sites excluding steroid dienone is 2. The van der Waals surface area contributed by atoms with Crippen LogP contribution in [0.5, 0.6) is 5.75 Å². The van der Waals surface area contributed by atoms with Gasteiger partial charge in [0.2, 0.25) is 5.82 Å². The molecule has 6 heteroatoms. The van der Waals surface area contributed by atoms with Crippen molar-refractivity contribution >= 4 is 0 Å². The Bertz CT molecular complexity index is 756. The molecular formula is C26H36F4O2. The summed E-state index contributed by atoms with van der Waals surface area (Å²) in [4.78, 5) is 0. The van der Waals surface area contributed by atoms with Gasteiger partial charge >= 0.3 is 0 Å². The number of hydrogen-bond donors (Lipinski definition) is 0. The Morgan fingerprint density at radius 1 is 1.00 bits per heavy atom. The van der Waals surface area contributed by atoms with Crippen LogP contribution in [0.15, 0.2) is 24.3 Å². The summed E-state index contributed by atoms with van der Waals surface area (Å²) in [5, 5.41) is 0. The minimum absolute atomic E-state index is 0.144. The van der Waals surface area contributed by atoms with E-state index in [4.69, 9.17) is 9.47 Å². The number of benzene rings is 1. The third-order valence-corrected chi connectivity index (χ3v) is 6.87. The molecule has 1 aromatic rings. The van der Waals surface area contributed by atoms with Gasteiger partial charge in [0.1, 0.15) is 0 Å². The van der Waals surface area contributed by atoms with Crippen LogP contribution in [0, 0.1) is 23.5 Å². The van der Waals surface area contributed by atoms with Gasteiger partial charge in [-0.2, -0.15) is 4.39 Å². The summed E-state index contributed by atoms with van der Waals surface area (Å²) in [5.41, 5.74) is -0.247. The van der Waals surface area contributed by atoms with Crippen LogP contribution in [0.3, 0.4) is 0 Å². The first-order chi connectivity index (χ1) is 15.4. The highest BCUT2D eigenvalue weighted by Gasteiger charge is 2.46. The topological polar surface area (TPSA) is 18.5 Å². The van der Waals surface area contributed by atoms with Gasteiger partial charge in [0.15, 0.2) is 11.6 Å². The van der Waals surface area contributed by atoms with Crippen LogP contribution >= 0.6 is 0 Å². The molecule has 4 unspecified atom stereocenters. The maximum Gasteiger partial charge on any atom is 0.255 e. The number of halogens is 4. The molecule has 0 radical (unpaired) electrons. The van der Waals surface area contributed by atoms with E-state index < -0.39 is 23.5 Å². The summed E-state index contributed by atoms with van der Waals surface area (Å²) in [6.45, 7) is 4.78. The summed E-state index contributed by atoms with van der Waals surface area (Å²) >= 11 is 0. The van der Waals surface area contributed by atoms with Gasteiger partial charge in [0, 0.05) is 12.0 Å². The number of ether oxygens (including phenoxy) is 2. The third-order valence-electron chi connectivity index (χ3n) is 6.87. The second-order valence-electron chi connectivity index (χ2n) is 9.31. The molecule has 0 spiro atoms. The largest absolute Gasteiger partial charge is 0.491 e. The Morgan fingerprint density at radius 3 is 2.34 bits per heavy atom. The zero-order valence-electron chi connectivity index (χ0n) is 19.2. The summed E-state index contributed by atoms with van der Waals surface area (Å²) in [6, 6.07) is 2.50. The summed E-state index contributed by atoms with van der Waals surface area (Å²) in [5.74, 6) is -6.64. The van der Waals surface area contributed by atoms with Crippen molar-refractivity contribution in [3.63, 3.8) is 0 Å². The van der Waals surface area contributed by atoms with Crippen molar-refractivity contribution in [3.8, 4) is 5.75 Å². The summed E-state index contributed by atoms with van der Waals surface area (Å²) in [6.07, 6.45) is 10.9. The minimum atomic E-state index is -3.07. The fourth-order valence-electron chi connectivity index (χ4n) is 5.08. The van der Waals surface area contributed by atoms with Crippen LogP contribution in [0.25, 0.3) is 0 Å². The first-order valence-electron chi connectivity index (χ1n) is 12.1. The van der Waals surface area contributed by atoms with E-state index in [1.54, 1.807) is 6.92 Å². The summed E-state index contributed by atoms with van der Waals surface area (Å²) < 4.78 is 69.4. The molecule has 1 saturated heterocycles. The number of rotatable bonds is 9. The van der Waals surface area contributed by atoms with Gasteiger partial charge in [-0.1, -0.05) is 31.6 Å². The maximum absolute atomic E-state index is 14.9. The van der Waals surface area contributed by atoms with Gasteiger partial charge in [-0.05, 0) is 69.8 Å². The Labute approximate surface area is 189 Å². The minimum Gasteiger partial charge on any atom is -0.491 e. The van der Waals surface area contributed by atoms with Crippen LogP contribution in [0.1, 0.15) is 83.1 Å². The molecule has 1 aliphatic carbocycles. The number of alkyl halides is 2. The van der Waals surface area contributed by atoms with Crippen molar-refractivity contribution in [1.82, 2.24) is 0 Å². The molecule has 2 nitrogen and oxygen atoms in total. The predicted molar refractivity (Wildman–Crippen MR) is 118 cm³/mol. The Hall–Kier alpha value is -1.56. The van der Waals surface area contributed by atoms with E-state index in [2.05, 4.69) is 13.0 Å². The van der Waals surface area contributed by atoms with Crippen molar-refractivity contribution in [2.24, 2.45) is 11.8 Å². The average molecular weight is 457 g/mol. The monoisotopic (exact) mass is 456 g/mol. The normalized spacial score (nSPS) is 28.2. The quantitative estimate of drug-likeness (QED) is 0.279. The molecule has 2 aliphatic rings. The third kappa shape index (κ3) is 6.27. The van der Waals surface area contributed by atoms with E-state index in [9.17, 15) is 17.6 Å². The molecule has 1 aromatic carbocycles. The van der Waals surface area contributed by atoms with Gasteiger partial charge < -0.3 is 9.47 Å². The van der Waals surface area contributed by atoms with Gasteiger partial charge in [-0.15, -0.1) is 0 Å². The first-order valence-corrected chi connectivity index (χ1v) is 12.1. The van der Waals surface area contributed by atoms with Gasteiger partial charge in [-0.3, -0.25) is 0 Å². The molecule has 3 rings (SSSR count). The fourth-order valence-corrected chi connectivity index (χ4v) is 5.08. The smallest absolute Gasteiger partial charge is 0.255 e. The van der Waals surface area contributed by atoms with Crippen LogP contribution in [-0.4, -0.2) is 25.2 Å². The van der Waals surface area contributed by atoms with Crippen molar-refractivity contribution in [1.29, 1.82) is 0 Å². The average Bonchev–Trinajstić information content (AvgIpc) is 2.76. The molecule has 180 valence electrons. The molecule has 4 atom stereocenters. The molecule has 0 bridgehead atoms. The Balaban J connectivity index is 1.50. The molecule has 32 heavy (non-hydrogen) atoms. The highest BCUT2D eigenvalue weighted by atomic mass is 19.3. The molecule has 2 fully saturated rings. The van der Waals surface area contributed by atoms with Crippen LogP contribution in [0.4, 0.5) is 17.6 Å². The van der Waals surface area contributed by atoms with Gasteiger partial charge in [-0.25, -0.2) is 13.2 Å². The SMILES string of the molecule is CCCC1CCC(C/C=C\CC2CCC(c3ccc(OCC)c(F)c3F)C(F)(F)C2)CO1. The lowest BCUT2D eigenvalue weighted by Crippen LogP contribution is -2.34. The van der Waals surface area contributed by atoms with Crippen LogP contribution in [0.2, 0.25) is 0 Å². The Morgan fingerprint density at radius 2 is 1.72 bits per heavy atom. The molecule has 0 N–H and O–H groups in total. The lowest BCUT2D eigenvalue weighted by Gasteiger charge is -2.36. The molecule has 1 heterocycles. The lowest BCUT2D eigenvalue weighted by atomic mass is 9.74. The molecule has 0 amide bonds.